The van der Waals surface area contributed by atoms with Crippen molar-refractivity contribution in [1.29, 1.82) is 0 Å². The van der Waals surface area contributed by atoms with Crippen LogP contribution in [-0.4, -0.2) is 11.6 Å². The van der Waals surface area contributed by atoms with E-state index >= 15 is 0 Å². The van der Waals surface area contributed by atoms with Crippen LogP contribution in [0, 0.1) is 0 Å². The molecule has 0 spiro atoms. The van der Waals surface area contributed by atoms with Crippen molar-refractivity contribution in [3.8, 4) is 5.75 Å². The molecule has 1 heterocycles. The van der Waals surface area contributed by atoms with Gasteiger partial charge in [-0.1, -0.05) is 32.0 Å². The van der Waals surface area contributed by atoms with E-state index in [-0.39, 0.29) is 6.04 Å². The van der Waals surface area contributed by atoms with Crippen molar-refractivity contribution in [1.82, 2.24) is 4.98 Å². The highest BCUT2D eigenvalue weighted by atomic mass is 16.5. The second kappa shape index (κ2) is 7.06. The minimum atomic E-state index is -0.180. The van der Waals surface area contributed by atoms with E-state index in [1.54, 1.807) is 6.20 Å². The summed E-state index contributed by atoms with van der Waals surface area (Å²) in [4.78, 5) is 4.18. The van der Waals surface area contributed by atoms with Crippen LogP contribution in [0.15, 0.2) is 42.7 Å². The monoisotopic (exact) mass is 270 g/mol. The molecule has 0 aliphatic heterocycles. The van der Waals surface area contributed by atoms with E-state index < -0.39 is 0 Å². The Kier molecular flexibility index (Phi) is 5.13. The molecule has 0 bridgehead atoms. The van der Waals surface area contributed by atoms with Crippen molar-refractivity contribution >= 4 is 0 Å². The van der Waals surface area contributed by atoms with Gasteiger partial charge in [0.15, 0.2) is 0 Å². The standard InChI is InChI=1S/C17H22N2O/c1-3-11-20-16-8-6-5-7-15(16)17(18)14-9-10-19-12-13(14)4-2/h5-10,12,17H,3-4,11,18H2,1-2H3. The SMILES string of the molecule is CCCOc1ccccc1C(N)c1ccncc1CC. The minimum Gasteiger partial charge on any atom is -0.493 e. The van der Waals surface area contributed by atoms with Crippen LogP contribution in [-0.2, 0) is 6.42 Å². The molecule has 2 N–H and O–H groups in total. The number of aromatic nitrogens is 1. The molecular weight excluding hydrogens is 248 g/mol. The summed E-state index contributed by atoms with van der Waals surface area (Å²) in [6.45, 7) is 4.92. The van der Waals surface area contributed by atoms with E-state index in [4.69, 9.17) is 10.5 Å². The zero-order chi connectivity index (χ0) is 14.4. The lowest BCUT2D eigenvalue weighted by Gasteiger charge is -2.19. The van der Waals surface area contributed by atoms with Gasteiger partial charge in [-0.3, -0.25) is 4.98 Å². The molecule has 0 saturated heterocycles. The van der Waals surface area contributed by atoms with Gasteiger partial charge in [-0.2, -0.15) is 0 Å². The Bertz CT molecular complexity index is 554. The normalized spacial score (nSPS) is 12.2. The smallest absolute Gasteiger partial charge is 0.124 e. The van der Waals surface area contributed by atoms with Crippen LogP contribution in [0.4, 0.5) is 0 Å². The summed E-state index contributed by atoms with van der Waals surface area (Å²) < 4.78 is 5.81. The molecule has 2 rings (SSSR count). The van der Waals surface area contributed by atoms with E-state index in [0.29, 0.717) is 6.61 Å². The minimum absolute atomic E-state index is 0.180. The Morgan fingerprint density at radius 3 is 2.70 bits per heavy atom. The zero-order valence-corrected chi connectivity index (χ0v) is 12.2. The van der Waals surface area contributed by atoms with E-state index in [1.165, 1.54) is 5.56 Å². The second-order valence-corrected chi connectivity index (χ2v) is 4.79. The van der Waals surface area contributed by atoms with Gasteiger partial charge in [-0.05, 0) is 36.1 Å². The maximum Gasteiger partial charge on any atom is 0.124 e. The Labute approximate surface area is 120 Å². The Hall–Kier alpha value is -1.87. The third-order valence-corrected chi connectivity index (χ3v) is 3.37. The predicted molar refractivity (Wildman–Crippen MR) is 81.9 cm³/mol. The lowest BCUT2D eigenvalue weighted by Crippen LogP contribution is -2.15. The molecule has 2 aromatic rings. The molecule has 1 unspecified atom stereocenters. The summed E-state index contributed by atoms with van der Waals surface area (Å²) in [5.41, 5.74) is 9.79. The third kappa shape index (κ3) is 3.17. The largest absolute Gasteiger partial charge is 0.493 e. The summed E-state index contributed by atoms with van der Waals surface area (Å²) in [5.74, 6) is 0.876. The number of para-hydroxylation sites is 1. The van der Waals surface area contributed by atoms with Crippen LogP contribution in [0.25, 0.3) is 0 Å². The molecule has 1 aromatic heterocycles. The van der Waals surface area contributed by atoms with Crippen LogP contribution >= 0.6 is 0 Å². The van der Waals surface area contributed by atoms with Crippen molar-refractivity contribution in [3.05, 3.63) is 59.4 Å². The molecule has 3 nitrogen and oxygen atoms in total. The van der Waals surface area contributed by atoms with Gasteiger partial charge in [0.2, 0.25) is 0 Å². The van der Waals surface area contributed by atoms with Crippen LogP contribution in [0.3, 0.4) is 0 Å². The quantitative estimate of drug-likeness (QED) is 0.874. The van der Waals surface area contributed by atoms with Gasteiger partial charge < -0.3 is 10.5 Å². The van der Waals surface area contributed by atoms with Crippen LogP contribution < -0.4 is 10.5 Å². The van der Waals surface area contributed by atoms with Gasteiger partial charge in [0.1, 0.15) is 5.75 Å². The van der Waals surface area contributed by atoms with E-state index in [0.717, 1.165) is 29.7 Å². The highest BCUT2D eigenvalue weighted by molar-refractivity contribution is 5.43. The topological polar surface area (TPSA) is 48.1 Å². The van der Waals surface area contributed by atoms with Crippen molar-refractivity contribution in [2.75, 3.05) is 6.61 Å². The molecular formula is C17H22N2O. The molecule has 3 heteroatoms. The Morgan fingerprint density at radius 2 is 1.95 bits per heavy atom. The molecule has 0 radical (unpaired) electrons. The molecule has 0 fully saturated rings. The van der Waals surface area contributed by atoms with Crippen LogP contribution in [0.5, 0.6) is 5.75 Å². The number of rotatable bonds is 6. The third-order valence-electron chi connectivity index (χ3n) is 3.37. The number of aryl methyl sites for hydroxylation is 1. The van der Waals surface area contributed by atoms with Gasteiger partial charge in [0.25, 0.3) is 0 Å². The molecule has 0 amide bonds. The molecule has 0 aliphatic carbocycles. The van der Waals surface area contributed by atoms with Crippen LogP contribution in [0.2, 0.25) is 0 Å². The molecule has 0 aliphatic rings. The highest BCUT2D eigenvalue weighted by Crippen LogP contribution is 2.29. The number of nitrogens with two attached hydrogens (primary N) is 1. The maximum absolute atomic E-state index is 6.46. The number of benzene rings is 1. The Morgan fingerprint density at radius 1 is 1.15 bits per heavy atom. The van der Waals surface area contributed by atoms with Gasteiger partial charge in [0, 0.05) is 18.0 Å². The first-order chi connectivity index (χ1) is 9.77. The van der Waals surface area contributed by atoms with Gasteiger partial charge >= 0.3 is 0 Å². The summed E-state index contributed by atoms with van der Waals surface area (Å²) in [6.07, 6.45) is 5.60. The highest BCUT2D eigenvalue weighted by Gasteiger charge is 2.16. The number of nitrogens with zero attached hydrogens (tertiary/aromatic N) is 1. The molecule has 1 aromatic carbocycles. The van der Waals surface area contributed by atoms with Crippen molar-refractivity contribution in [2.24, 2.45) is 5.73 Å². The fourth-order valence-corrected chi connectivity index (χ4v) is 2.29. The summed E-state index contributed by atoms with van der Waals surface area (Å²) in [5, 5.41) is 0. The first kappa shape index (κ1) is 14.5. The summed E-state index contributed by atoms with van der Waals surface area (Å²) >= 11 is 0. The molecule has 20 heavy (non-hydrogen) atoms. The molecule has 106 valence electrons. The fraction of sp³-hybridized carbons (Fsp3) is 0.353. The van der Waals surface area contributed by atoms with Gasteiger partial charge in [0.05, 0.1) is 12.6 Å². The van der Waals surface area contributed by atoms with Crippen molar-refractivity contribution < 1.29 is 4.74 Å². The predicted octanol–water partition coefficient (Wildman–Crippen LogP) is 3.48. The molecule has 0 saturated carbocycles. The van der Waals surface area contributed by atoms with Crippen molar-refractivity contribution in [2.45, 2.75) is 32.7 Å². The fourth-order valence-electron chi connectivity index (χ4n) is 2.29. The first-order valence-corrected chi connectivity index (χ1v) is 7.18. The number of ether oxygens (including phenoxy) is 1. The average Bonchev–Trinajstić information content (AvgIpc) is 2.52. The maximum atomic E-state index is 6.46. The number of hydrogen-bond acceptors (Lipinski definition) is 3. The number of hydrogen-bond donors (Lipinski definition) is 1. The van der Waals surface area contributed by atoms with E-state index in [9.17, 15) is 0 Å². The summed E-state index contributed by atoms with van der Waals surface area (Å²) in [7, 11) is 0. The first-order valence-electron chi connectivity index (χ1n) is 7.18. The van der Waals surface area contributed by atoms with Crippen LogP contribution in [0.1, 0.15) is 43.0 Å². The summed E-state index contributed by atoms with van der Waals surface area (Å²) in [6, 6.07) is 9.82. The van der Waals surface area contributed by atoms with E-state index in [2.05, 4.69) is 18.8 Å². The van der Waals surface area contributed by atoms with Crippen molar-refractivity contribution in [3.63, 3.8) is 0 Å². The average molecular weight is 270 g/mol. The Balaban J connectivity index is 2.35. The zero-order valence-electron chi connectivity index (χ0n) is 12.2. The van der Waals surface area contributed by atoms with E-state index in [1.807, 2.05) is 36.5 Å². The lowest BCUT2D eigenvalue weighted by molar-refractivity contribution is 0.313. The van der Waals surface area contributed by atoms with Gasteiger partial charge in [-0.15, -0.1) is 0 Å². The second-order valence-electron chi connectivity index (χ2n) is 4.79. The van der Waals surface area contributed by atoms with Gasteiger partial charge in [-0.25, -0.2) is 0 Å². The lowest BCUT2D eigenvalue weighted by atomic mass is 9.95. The molecule has 1 atom stereocenters. The number of pyridine rings is 1.